The molecular formula is C31H28ClFN8O7S2. The molecule has 5 heterocycles. The first-order valence-corrected chi connectivity index (χ1v) is 16.8. The second kappa shape index (κ2) is 15.1. The zero-order valence-electron chi connectivity index (χ0n) is 26.0. The largest absolute Gasteiger partial charge is 0.543 e. The molecule has 50 heavy (non-hydrogen) atoms. The number of nitrogens with two attached hydrogens (primary N) is 2. The normalized spacial score (nSPS) is 17.1. The number of nitrogen functional groups attached to an aromatic ring is 2. The van der Waals surface area contributed by atoms with Gasteiger partial charge in [-0.25, -0.2) is 13.9 Å². The zero-order valence-corrected chi connectivity index (χ0v) is 28.4. The van der Waals surface area contributed by atoms with Gasteiger partial charge in [-0.1, -0.05) is 16.8 Å². The standard InChI is InChI=1S/C30H26ClFN8O5S2.CH2O2/c1-45-37-24(21-13-47-30(35)36-21)23(41)8-17-27(42)40-25(29(43)44)16(12-46-28(17)40)10-38-4-3-22-14(9-38)2-5-39(22)11-18-19(31)6-15(26(33)34)7-20(18)32;2-1-3/h2-7,9,13,17,28H,8,10-12H2,1H3,(H5-,33,34,35,36,43,44);1H,(H,2,3)/b37-24-;/t17-,28-;/m1./s1. The van der Waals surface area contributed by atoms with E-state index in [-0.39, 0.29) is 70.2 Å². The number of nitrogens with zero attached hydrogens (tertiary/aromatic N) is 5. The Morgan fingerprint density at radius 2 is 2.10 bits per heavy atom. The first-order chi connectivity index (χ1) is 23.9. The number of carbonyl (C=O) groups is 4. The van der Waals surface area contributed by atoms with Crippen molar-refractivity contribution in [2.24, 2.45) is 16.8 Å². The van der Waals surface area contributed by atoms with E-state index in [4.69, 9.17) is 43.2 Å². The van der Waals surface area contributed by atoms with Crippen molar-refractivity contribution in [2.75, 3.05) is 18.6 Å². The van der Waals surface area contributed by atoms with Crippen molar-refractivity contribution in [3.05, 3.63) is 87.2 Å². The van der Waals surface area contributed by atoms with Crippen molar-refractivity contribution < 1.29 is 43.2 Å². The Hall–Kier alpha value is -5.33. The lowest BCUT2D eigenvalue weighted by molar-refractivity contribution is -0.687. The number of rotatable bonds is 11. The highest BCUT2D eigenvalue weighted by atomic mass is 35.5. The summed E-state index contributed by atoms with van der Waals surface area (Å²) in [5, 5.41) is 32.7. The van der Waals surface area contributed by atoms with E-state index in [9.17, 15) is 23.9 Å². The maximum Gasteiger partial charge on any atom is 0.290 e. The third-order valence-electron chi connectivity index (χ3n) is 7.89. The second-order valence-electron chi connectivity index (χ2n) is 10.9. The van der Waals surface area contributed by atoms with Gasteiger partial charge in [-0.3, -0.25) is 24.7 Å². The fourth-order valence-electron chi connectivity index (χ4n) is 5.68. The molecule has 0 radical (unpaired) electrons. The third-order valence-corrected chi connectivity index (χ3v) is 10.3. The van der Waals surface area contributed by atoms with Gasteiger partial charge in [-0.05, 0) is 18.2 Å². The molecule has 2 aliphatic heterocycles. The maximum atomic E-state index is 14.8. The number of pyridine rings is 1. The lowest BCUT2D eigenvalue weighted by Crippen LogP contribution is -2.63. The monoisotopic (exact) mass is 742 g/mol. The van der Waals surface area contributed by atoms with Crippen LogP contribution >= 0.6 is 34.7 Å². The van der Waals surface area contributed by atoms with Crippen LogP contribution in [0.15, 0.2) is 64.7 Å². The highest BCUT2D eigenvalue weighted by Crippen LogP contribution is 2.45. The molecule has 4 aromatic rings. The van der Waals surface area contributed by atoms with Crippen LogP contribution in [-0.2, 0) is 37.1 Å². The summed E-state index contributed by atoms with van der Waals surface area (Å²) < 4.78 is 18.4. The second-order valence-corrected chi connectivity index (χ2v) is 13.3. The molecule has 6 N–H and O–H groups in total. The van der Waals surface area contributed by atoms with E-state index in [1.807, 2.05) is 22.9 Å². The molecule has 1 saturated heterocycles. The summed E-state index contributed by atoms with van der Waals surface area (Å²) in [6, 6.07) is 6.28. The highest BCUT2D eigenvalue weighted by molar-refractivity contribution is 8.00. The number of fused-ring (bicyclic) bond motifs is 2. The third kappa shape index (κ3) is 7.17. The van der Waals surface area contributed by atoms with Gasteiger partial charge in [0.25, 0.3) is 6.47 Å². The number of Topliss-reactive ketones (excluding diaryl/α,β-unsaturated/α-hetero) is 1. The van der Waals surface area contributed by atoms with E-state index >= 15 is 0 Å². The minimum absolute atomic E-state index is 0.0661. The van der Waals surface area contributed by atoms with E-state index in [1.54, 1.807) is 22.3 Å². The van der Waals surface area contributed by atoms with Gasteiger partial charge in [0.05, 0.1) is 40.4 Å². The molecule has 0 bridgehead atoms. The lowest BCUT2D eigenvalue weighted by Gasteiger charge is -2.50. The van der Waals surface area contributed by atoms with E-state index in [0.29, 0.717) is 11.3 Å². The van der Waals surface area contributed by atoms with Gasteiger partial charge in [0, 0.05) is 51.5 Å². The molecule has 0 unspecified atom stereocenters. The molecule has 2 aliphatic rings. The lowest BCUT2D eigenvalue weighted by atomic mass is 9.89. The molecule has 1 fully saturated rings. The maximum absolute atomic E-state index is 14.8. The summed E-state index contributed by atoms with van der Waals surface area (Å²) in [5.74, 6) is -3.79. The van der Waals surface area contributed by atoms with Crippen molar-refractivity contribution in [3.63, 3.8) is 0 Å². The quantitative estimate of drug-likeness (QED) is 0.0427. The van der Waals surface area contributed by atoms with Gasteiger partial charge in [0.15, 0.2) is 35.6 Å². The average Bonchev–Trinajstić information content (AvgIpc) is 3.69. The number of thiazole rings is 1. The fourth-order valence-corrected chi connectivity index (χ4v) is 7.90. The first kappa shape index (κ1) is 36.0. The zero-order chi connectivity index (χ0) is 36.3. The van der Waals surface area contributed by atoms with Crippen LogP contribution in [0.5, 0.6) is 0 Å². The predicted molar refractivity (Wildman–Crippen MR) is 181 cm³/mol. The smallest absolute Gasteiger partial charge is 0.290 e. The Balaban J connectivity index is 0.00000156. The van der Waals surface area contributed by atoms with Crippen LogP contribution in [0.4, 0.5) is 9.52 Å². The van der Waals surface area contributed by atoms with Crippen LogP contribution in [0.2, 0.25) is 5.02 Å². The molecule has 260 valence electrons. The Morgan fingerprint density at radius 1 is 1.36 bits per heavy atom. The van der Waals surface area contributed by atoms with Crippen LogP contribution in [0.3, 0.4) is 0 Å². The van der Waals surface area contributed by atoms with Crippen LogP contribution in [-0.4, -0.2) is 73.5 Å². The predicted octanol–water partition coefficient (Wildman–Crippen LogP) is 1.34. The molecule has 15 nitrogen and oxygen atoms in total. The Morgan fingerprint density at radius 3 is 2.72 bits per heavy atom. The summed E-state index contributed by atoms with van der Waals surface area (Å²) in [5.41, 5.74) is 12.8. The van der Waals surface area contributed by atoms with Crippen LogP contribution in [0.25, 0.3) is 10.9 Å². The number of thioether (sulfide) groups is 1. The Labute approximate surface area is 296 Å². The summed E-state index contributed by atoms with van der Waals surface area (Å²) >= 11 is 8.81. The molecule has 0 aliphatic carbocycles. The number of carboxylic acid groups (broad SMARTS) is 2. The number of aliphatic carboxylic acids is 1. The number of benzene rings is 1. The first-order valence-electron chi connectivity index (χ1n) is 14.5. The van der Waals surface area contributed by atoms with E-state index < -0.39 is 34.8 Å². The summed E-state index contributed by atoms with van der Waals surface area (Å²) in [6.07, 6.45) is 5.15. The minimum Gasteiger partial charge on any atom is -0.543 e. The highest BCUT2D eigenvalue weighted by Gasteiger charge is 2.53. The molecule has 19 heteroatoms. The van der Waals surface area contributed by atoms with Crippen molar-refractivity contribution in [1.82, 2.24) is 14.5 Å². The number of oxime groups is 1. The molecular weight excluding hydrogens is 715 g/mol. The SMILES string of the molecule is CO/N=C(\C(=O)C[C@@H]1C(=O)N2C(C(=O)[O-])=C(C[n+]3ccc4c(ccn4Cc4c(F)cc(C(=N)N)cc4Cl)c3)CS[C@H]12)c1csc(N)n1.O=CO. The van der Waals surface area contributed by atoms with Crippen LogP contribution in [0.1, 0.15) is 23.2 Å². The Kier molecular flexibility index (Phi) is 10.8. The van der Waals surface area contributed by atoms with Crippen molar-refractivity contribution >= 4 is 86.4 Å². The molecule has 6 rings (SSSR count). The van der Waals surface area contributed by atoms with Gasteiger partial charge in [-0.2, -0.15) is 0 Å². The Bertz CT molecular complexity index is 2080. The number of aromatic nitrogens is 3. The number of β-lactam (4-membered cyclic amide) rings is 1. The molecule has 1 aromatic carbocycles. The summed E-state index contributed by atoms with van der Waals surface area (Å²) in [4.78, 5) is 57.2. The fraction of sp³-hybridized carbons (Fsp3) is 0.226. The molecule has 2 atom stereocenters. The molecule has 1 amide bonds. The number of nitrogens with one attached hydrogen (secondary N) is 1. The van der Waals surface area contributed by atoms with Crippen LogP contribution in [0, 0.1) is 17.1 Å². The molecule has 0 saturated carbocycles. The van der Waals surface area contributed by atoms with E-state index in [1.165, 1.54) is 35.9 Å². The number of amidine groups is 1. The van der Waals surface area contributed by atoms with Crippen molar-refractivity contribution in [3.8, 4) is 0 Å². The van der Waals surface area contributed by atoms with Crippen molar-refractivity contribution in [2.45, 2.75) is 24.9 Å². The van der Waals surface area contributed by atoms with Gasteiger partial charge >= 0.3 is 0 Å². The average molecular weight is 743 g/mol. The summed E-state index contributed by atoms with van der Waals surface area (Å²) in [7, 11) is 1.29. The van der Waals surface area contributed by atoms with Gasteiger partial charge < -0.3 is 35.9 Å². The number of carbonyl (C=O) groups excluding carboxylic acids is 3. The number of carboxylic acids is 1. The number of halogens is 2. The number of hydrogen-bond donors (Lipinski definition) is 4. The van der Waals surface area contributed by atoms with Gasteiger partial charge in [-0.15, -0.1) is 23.1 Å². The topological polar surface area (TPSA) is 234 Å². The van der Waals surface area contributed by atoms with E-state index in [0.717, 1.165) is 22.2 Å². The number of amides is 1. The number of anilines is 1. The molecule has 0 spiro atoms. The minimum atomic E-state index is -1.48. The van der Waals surface area contributed by atoms with Gasteiger partial charge in [0.1, 0.15) is 24.5 Å². The van der Waals surface area contributed by atoms with Crippen LogP contribution < -0.4 is 21.1 Å². The summed E-state index contributed by atoms with van der Waals surface area (Å²) in [6.45, 7) is 0.0478. The number of hydrogen-bond acceptors (Lipinski definition) is 12. The van der Waals surface area contributed by atoms with E-state index in [2.05, 4.69) is 10.1 Å². The van der Waals surface area contributed by atoms with Crippen molar-refractivity contribution in [1.29, 1.82) is 5.41 Å². The molecule has 3 aromatic heterocycles. The van der Waals surface area contributed by atoms with Gasteiger partial charge in [0.2, 0.25) is 5.91 Å². The number of ketones is 1.